The summed E-state index contributed by atoms with van der Waals surface area (Å²) in [5.41, 5.74) is 0.841. The zero-order valence-electron chi connectivity index (χ0n) is 10.2. The van der Waals surface area contributed by atoms with Gasteiger partial charge >= 0.3 is 0 Å². The lowest BCUT2D eigenvalue weighted by Gasteiger charge is -2.11. The zero-order valence-corrected chi connectivity index (χ0v) is 11.0. The van der Waals surface area contributed by atoms with Gasteiger partial charge in [0, 0.05) is 12.0 Å². The van der Waals surface area contributed by atoms with Gasteiger partial charge in [-0.05, 0) is 23.8 Å². The van der Waals surface area contributed by atoms with Gasteiger partial charge in [0.05, 0.1) is 5.02 Å². The summed E-state index contributed by atoms with van der Waals surface area (Å²) in [5, 5.41) is -0.117. The number of ether oxygens (including phenoxy) is 1. The van der Waals surface area contributed by atoms with Crippen LogP contribution in [0.3, 0.4) is 0 Å². The van der Waals surface area contributed by atoms with Crippen LogP contribution in [0.2, 0.25) is 5.02 Å². The topological polar surface area (TPSA) is 26.3 Å². The van der Waals surface area contributed by atoms with Gasteiger partial charge in [-0.15, -0.1) is 0 Å². The molecule has 0 spiro atoms. The second-order valence-electron chi connectivity index (χ2n) is 4.53. The van der Waals surface area contributed by atoms with Crippen molar-refractivity contribution in [2.45, 2.75) is 12.5 Å². The van der Waals surface area contributed by atoms with Gasteiger partial charge in [0.2, 0.25) is 5.78 Å². The Hall–Kier alpha value is -1.94. The summed E-state index contributed by atoms with van der Waals surface area (Å²) in [6.45, 7) is 0. The van der Waals surface area contributed by atoms with E-state index in [1.807, 2.05) is 12.1 Å². The predicted molar refractivity (Wildman–Crippen MR) is 70.3 cm³/mol. The van der Waals surface area contributed by atoms with Crippen LogP contribution in [-0.4, -0.2) is 11.9 Å². The molecule has 1 atom stereocenters. The minimum Gasteiger partial charge on any atom is -0.482 e. The highest BCUT2D eigenvalue weighted by atomic mass is 35.5. The predicted octanol–water partition coefficient (Wildman–Crippen LogP) is 3.80. The largest absolute Gasteiger partial charge is 0.482 e. The van der Waals surface area contributed by atoms with Gasteiger partial charge in [0.15, 0.2) is 17.7 Å². The van der Waals surface area contributed by atoms with Crippen LogP contribution in [0.25, 0.3) is 0 Å². The van der Waals surface area contributed by atoms with Crippen LogP contribution < -0.4 is 4.74 Å². The first-order chi connectivity index (χ1) is 9.56. The van der Waals surface area contributed by atoms with Crippen LogP contribution in [0, 0.1) is 11.6 Å². The lowest BCUT2D eigenvalue weighted by Crippen LogP contribution is -2.25. The van der Waals surface area contributed by atoms with E-state index in [9.17, 15) is 13.6 Å². The van der Waals surface area contributed by atoms with E-state index in [0.29, 0.717) is 12.2 Å². The first-order valence-corrected chi connectivity index (χ1v) is 6.37. The van der Waals surface area contributed by atoms with E-state index in [1.54, 1.807) is 12.1 Å². The number of rotatable bonds is 2. The molecule has 3 rings (SSSR count). The van der Waals surface area contributed by atoms with Crippen LogP contribution in [-0.2, 0) is 6.42 Å². The van der Waals surface area contributed by atoms with Gasteiger partial charge in [0.1, 0.15) is 5.75 Å². The molecule has 0 amide bonds. The summed E-state index contributed by atoms with van der Waals surface area (Å²) in [4.78, 5) is 12.3. The van der Waals surface area contributed by atoms with Gasteiger partial charge in [-0.1, -0.05) is 29.8 Å². The molecule has 1 heterocycles. The molecule has 0 fully saturated rings. The second kappa shape index (κ2) is 4.87. The average molecular weight is 295 g/mol. The Morgan fingerprint density at radius 3 is 2.65 bits per heavy atom. The van der Waals surface area contributed by atoms with E-state index in [1.165, 1.54) is 0 Å². The lowest BCUT2D eigenvalue weighted by atomic mass is 10.0. The van der Waals surface area contributed by atoms with Crippen molar-refractivity contribution in [1.82, 2.24) is 0 Å². The molecule has 0 aromatic heterocycles. The van der Waals surface area contributed by atoms with Crippen molar-refractivity contribution in [2.75, 3.05) is 0 Å². The number of fused-ring (bicyclic) bond motifs is 1. The fraction of sp³-hybridized carbons (Fsp3) is 0.133. The molecule has 2 aromatic rings. The molecule has 1 aliphatic rings. The number of ketones is 1. The molecule has 5 heteroatoms. The maximum Gasteiger partial charge on any atom is 0.205 e. The first kappa shape index (κ1) is 13.1. The van der Waals surface area contributed by atoms with E-state index < -0.39 is 23.5 Å². The highest BCUT2D eigenvalue weighted by molar-refractivity contribution is 6.34. The summed E-state index contributed by atoms with van der Waals surface area (Å²) in [7, 11) is 0. The number of hydrogen-bond acceptors (Lipinski definition) is 2. The second-order valence-corrected chi connectivity index (χ2v) is 4.94. The Balaban J connectivity index is 1.90. The molecular weight excluding hydrogens is 286 g/mol. The Morgan fingerprint density at radius 2 is 1.90 bits per heavy atom. The molecule has 0 radical (unpaired) electrons. The van der Waals surface area contributed by atoms with Gasteiger partial charge in [-0.2, -0.15) is 0 Å². The Kier molecular flexibility index (Phi) is 3.18. The monoisotopic (exact) mass is 294 g/mol. The van der Waals surface area contributed by atoms with E-state index >= 15 is 0 Å². The van der Waals surface area contributed by atoms with Crippen molar-refractivity contribution < 1.29 is 18.3 Å². The van der Waals surface area contributed by atoms with Crippen LogP contribution in [0.15, 0.2) is 36.4 Å². The third kappa shape index (κ3) is 2.16. The van der Waals surface area contributed by atoms with Gasteiger partial charge < -0.3 is 4.74 Å². The van der Waals surface area contributed by atoms with Crippen LogP contribution in [0.5, 0.6) is 5.75 Å². The number of benzene rings is 2. The first-order valence-electron chi connectivity index (χ1n) is 5.99. The third-order valence-electron chi connectivity index (χ3n) is 3.22. The van der Waals surface area contributed by atoms with Gasteiger partial charge in [-0.25, -0.2) is 8.78 Å². The number of carbonyl (C=O) groups excluding carboxylic acids is 1. The maximum atomic E-state index is 13.2. The highest BCUT2D eigenvalue weighted by Crippen LogP contribution is 2.31. The number of para-hydroxylation sites is 1. The van der Waals surface area contributed by atoms with E-state index in [0.717, 1.165) is 17.7 Å². The minimum absolute atomic E-state index is 0.0663. The zero-order chi connectivity index (χ0) is 14.3. The van der Waals surface area contributed by atoms with Crippen molar-refractivity contribution >= 4 is 17.4 Å². The number of halogens is 3. The summed E-state index contributed by atoms with van der Waals surface area (Å²) in [6, 6.07) is 8.87. The average Bonchev–Trinajstić information content (AvgIpc) is 2.86. The molecule has 2 nitrogen and oxygen atoms in total. The summed E-state index contributed by atoms with van der Waals surface area (Å²) >= 11 is 5.80. The Labute approximate surface area is 118 Å². The molecule has 2 aromatic carbocycles. The smallest absolute Gasteiger partial charge is 0.205 e. The van der Waals surface area contributed by atoms with Gasteiger partial charge in [-0.3, -0.25) is 4.79 Å². The van der Waals surface area contributed by atoms with Crippen molar-refractivity contribution in [1.29, 1.82) is 0 Å². The Bertz CT molecular complexity index is 675. The fourth-order valence-corrected chi connectivity index (χ4v) is 2.46. The third-order valence-corrected chi connectivity index (χ3v) is 3.53. The molecule has 0 aliphatic carbocycles. The fourth-order valence-electron chi connectivity index (χ4n) is 2.21. The number of Topliss-reactive ketones (excluding diaryl/α,β-unsaturated/α-hetero) is 1. The molecular formula is C15H9ClF2O2. The molecule has 20 heavy (non-hydrogen) atoms. The Morgan fingerprint density at radius 1 is 1.20 bits per heavy atom. The molecule has 102 valence electrons. The molecule has 0 saturated heterocycles. The summed E-state index contributed by atoms with van der Waals surface area (Å²) < 4.78 is 31.8. The molecule has 0 saturated carbocycles. The van der Waals surface area contributed by atoms with E-state index in [2.05, 4.69) is 0 Å². The quantitative estimate of drug-likeness (QED) is 0.622. The standard InChI is InChI=1S/C15H9ClF2O2/c16-10-7-12(18)11(17)6-9(10)15(19)14-5-8-3-1-2-4-13(8)20-14/h1-4,6-7,14H,5H2. The van der Waals surface area contributed by atoms with E-state index in [-0.39, 0.29) is 10.6 Å². The van der Waals surface area contributed by atoms with Crippen LogP contribution in [0.4, 0.5) is 8.78 Å². The van der Waals surface area contributed by atoms with Crippen molar-refractivity contribution in [3.05, 3.63) is 64.2 Å². The van der Waals surface area contributed by atoms with E-state index in [4.69, 9.17) is 16.3 Å². The number of hydrogen-bond donors (Lipinski definition) is 0. The normalized spacial score (nSPS) is 16.6. The van der Waals surface area contributed by atoms with Gasteiger partial charge in [0.25, 0.3) is 0 Å². The summed E-state index contributed by atoms with van der Waals surface area (Å²) in [5.74, 6) is -2.01. The minimum atomic E-state index is -1.10. The molecule has 1 unspecified atom stereocenters. The summed E-state index contributed by atoms with van der Waals surface area (Å²) in [6.07, 6.45) is -0.362. The highest BCUT2D eigenvalue weighted by Gasteiger charge is 2.31. The lowest BCUT2D eigenvalue weighted by molar-refractivity contribution is 0.0824. The SMILES string of the molecule is O=C(c1cc(F)c(F)cc1Cl)C1Cc2ccccc2O1. The van der Waals surface area contributed by atoms with Crippen LogP contribution in [0.1, 0.15) is 15.9 Å². The van der Waals surface area contributed by atoms with Crippen molar-refractivity contribution in [3.63, 3.8) is 0 Å². The van der Waals surface area contributed by atoms with Crippen LogP contribution >= 0.6 is 11.6 Å². The molecule has 1 aliphatic heterocycles. The molecule has 0 N–H and O–H groups in total. The number of carbonyl (C=O) groups is 1. The maximum absolute atomic E-state index is 13.2. The van der Waals surface area contributed by atoms with Crippen molar-refractivity contribution in [3.8, 4) is 5.75 Å². The molecule has 0 bridgehead atoms. The van der Waals surface area contributed by atoms with Crippen molar-refractivity contribution in [2.24, 2.45) is 0 Å².